The lowest BCUT2D eigenvalue weighted by molar-refractivity contribution is 0.193. The molecule has 1 N–H and O–H groups in total. The van der Waals surface area contributed by atoms with Gasteiger partial charge in [0.25, 0.3) is 0 Å². The van der Waals surface area contributed by atoms with Crippen molar-refractivity contribution in [2.24, 2.45) is 0 Å². The van der Waals surface area contributed by atoms with Crippen LogP contribution in [0.25, 0.3) is 0 Å². The van der Waals surface area contributed by atoms with Crippen LogP contribution in [0.2, 0.25) is 0 Å². The molecule has 0 radical (unpaired) electrons. The van der Waals surface area contributed by atoms with Crippen molar-refractivity contribution in [3.8, 4) is 0 Å². The molecule has 1 saturated heterocycles. The summed E-state index contributed by atoms with van der Waals surface area (Å²) in [5.41, 5.74) is 0. The lowest BCUT2D eigenvalue weighted by atomic mass is 10.1. The molecule has 2 nitrogen and oxygen atoms in total. The Morgan fingerprint density at radius 1 is 1.50 bits per heavy atom. The monoisotopic (exact) mass is 171 g/mol. The topological polar surface area (TPSA) is 23.5 Å². The predicted molar refractivity (Wildman–Crippen MR) is 51.2 cm³/mol. The molecule has 0 aliphatic carbocycles. The molecule has 1 rings (SSSR count). The van der Waals surface area contributed by atoms with E-state index in [-0.39, 0.29) is 0 Å². The van der Waals surface area contributed by atoms with Gasteiger partial charge >= 0.3 is 0 Å². The van der Waals surface area contributed by atoms with E-state index < -0.39 is 0 Å². The first-order valence-electron chi connectivity index (χ1n) is 5.23. The fraction of sp³-hybridized carbons (Fsp3) is 1.00. The van der Waals surface area contributed by atoms with Gasteiger partial charge in [-0.2, -0.15) is 0 Å². The molecule has 1 atom stereocenters. The van der Waals surface area contributed by atoms with Crippen LogP contribution in [0.1, 0.15) is 39.0 Å². The van der Waals surface area contributed by atoms with Crippen molar-refractivity contribution in [1.82, 2.24) is 4.90 Å². The number of aliphatic hydroxyl groups excluding tert-OH is 1. The average Bonchev–Trinajstić information content (AvgIpc) is 2.50. The van der Waals surface area contributed by atoms with Crippen molar-refractivity contribution in [3.63, 3.8) is 0 Å². The Kier molecular flexibility index (Phi) is 4.62. The molecule has 1 aliphatic heterocycles. The molecular formula is C10H21NO. The summed E-state index contributed by atoms with van der Waals surface area (Å²) in [4.78, 5) is 2.54. The lowest BCUT2D eigenvalue weighted by Crippen LogP contribution is -2.30. The first kappa shape index (κ1) is 10.0. The Labute approximate surface area is 75.6 Å². The van der Waals surface area contributed by atoms with Crippen molar-refractivity contribution in [2.45, 2.75) is 45.1 Å². The van der Waals surface area contributed by atoms with Crippen molar-refractivity contribution in [2.75, 3.05) is 19.7 Å². The summed E-state index contributed by atoms with van der Waals surface area (Å²) in [6, 6.07) is 0.682. The molecular weight excluding hydrogens is 150 g/mol. The Morgan fingerprint density at radius 3 is 3.00 bits per heavy atom. The molecule has 2 heteroatoms. The normalized spacial score (nSPS) is 25.0. The molecule has 1 heterocycles. The van der Waals surface area contributed by atoms with Crippen molar-refractivity contribution in [3.05, 3.63) is 0 Å². The van der Waals surface area contributed by atoms with Crippen LogP contribution >= 0.6 is 0 Å². The predicted octanol–water partition coefficient (Wildman–Crippen LogP) is 1.63. The van der Waals surface area contributed by atoms with Crippen LogP contribution in [-0.4, -0.2) is 35.7 Å². The van der Waals surface area contributed by atoms with E-state index >= 15 is 0 Å². The molecule has 1 unspecified atom stereocenters. The van der Waals surface area contributed by atoms with Crippen LogP contribution in [0.4, 0.5) is 0 Å². The molecule has 0 spiro atoms. The van der Waals surface area contributed by atoms with Gasteiger partial charge in [0.2, 0.25) is 0 Å². The minimum atomic E-state index is 0.354. The van der Waals surface area contributed by atoms with Gasteiger partial charge in [-0.25, -0.2) is 0 Å². The van der Waals surface area contributed by atoms with Gasteiger partial charge < -0.3 is 10.0 Å². The van der Waals surface area contributed by atoms with E-state index in [0.717, 1.165) is 6.42 Å². The first-order valence-corrected chi connectivity index (χ1v) is 5.23. The van der Waals surface area contributed by atoms with Gasteiger partial charge in [-0.1, -0.05) is 13.3 Å². The van der Waals surface area contributed by atoms with Crippen LogP contribution in [0.15, 0.2) is 0 Å². The van der Waals surface area contributed by atoms with Crippen LogP contribution in [-0.2, 0) is 0 Å². The summed E-state index contributed by atoms with van der Waals surface area (Å²) >= 11 is 0. The van der Waals surface area contributed by atoms with E-state index in [1.54, 1.807) is 0 Å². The first-order chi connectivity index (χ1) is 5.88. The minimum absolute atomic E-state index is 0.354. The second-order valence-electron chi connectivity index (χ2n) is 3.70. The van der Waals surface area contributed by atoms with Crippen LogP contribution in [0.3, 0.4) is 0 Å². The Balaban J connectivity index is 2.20. The maximum atomic E-state index is 8.84. The van der Waals surface area contributed by atoms with Gasteiger partial charge in [0, 0.05) is 12.6 Å². The van der Waals surface area contributed by atoms with Gasteiger partial charge in [0.15, 0.2) is 0 Å². The highest BCUT2D eigenvalue weighted by Gasteiger charge is 2.22. The van der Waals surface area contributed by atoms with Gasteiger partial charge in [0.1, 0.15) is 0 Å². The molecule has 0 aromatic carbocycles. The number of hydrogen-bond acceptors (Lipinski definition) is 2. The second kappa shape index (κ2) is 5.55. The van der Waals surface area contributed by atoms with E-state index in [4.69, 9.17) is 5.11 Å². The van der Waals surface area contributed by atoms with Gasteiger partial charge in [-0.05, 0) is 38.8 Å². The third kappa shape index (κ3) is 2.76. The summed E-state index contributed by atoms with van der Waals surface area (Å²) < 4.78 is 0. The number of hydrogen-bond donors (Lipinski definition) is 1. The fourth-order valence-electron chi connectivity index (χ4n) is 2.03. The molecule has 0 amide bonds. The zero-order valence-electron chi connectivity index (χ0n) is 8.13. The molecule has 0 saturated carbocycles. The number of nitrogens with zero attached hydrogens (tertiary/aromatic N) is 1. The van der Waals surface area contributed by atoms with E-state index in [1.165, 1.54) is 38.8 Å². The number of likely N-dealkylation sites (tertiary alicyclic amines) is 1. The minimum Gasteiger partial charge on any atom is -0.396 e. The standard InChI is InChI=1S/C10H21NO/c1-2-3-7-11-8-4-5-10(11)6-9-12/h10,12H,2-9H2,1H3. The summed E-state index contributed by atoms with van der Waals surface area (Å²) in [6.45, 7) is 5.08. The highest BCUT2D eigenvalue weighted by Crippen LogP contribution is 2.19. The van der Waals surface area contributed by atoms with Gasteiger partial charge in [-0.15, -0.1) is 0 Å². The largest absolute Gasteiger partial charge is 0.396 e. The van der Waals surface area contributed by atoms with Crippen LogP contribution < -0.4 is 0 Å². The Morgan fingerprint density at radius 2 is 2.33 bits per heavy atom. The van der Waals surface area contributed by atoms with Gasteiger partial charge in [0.05, 0.1) is 0 Å². The van der Waals surface area contributed by atoms with E-state index in [0.29, 0.717) is 12.6 Å². The molecule has 12 heavy (non-hydrogen) atoms. The second-order valence-corrected chi connectivity index (χ2v) is 3.70. The molecule has 0 aromatic heterocycles. The summed E-state index contributed by atoms with van der Waals surface area (Å²) in [6.07, 6.45) is 6.19. The van der Waals surface area contributed by atoms with Crippen molar-refractivity contribution in [1.29, 1.82) is 0 Å². The van der Waals surface area contributed by atoms with Crippen LogP contribution in [0, 0.1) is 0 Å². The average molecular weight is 171 g/mol. The number of unbranched alkanes of at least 4 members (excludes halogenated alkanes) is 1. The van der Waals surface area contributed by atoms with Gasteiger partial charge in [-0.3, -0.25) is 0 Å². The maximum absolute atomic E-state index is 8.84. The van der Waals surface area contributed by atoms with E-state index in [9.17, 15) is 0 Å². The Bertz CT molecular complexity index is 116. The third-order valence-electron chi connectivity index (χ3n) is 2.76. The zero-order chi connectivity index (χ0) is 8.81. The summed E-state index contributed by atoms with van der Waals surface area (Å²) in [7, 11) is 0. The fourth-order valence-corrected chi connectivity index (χ4v) is 2.03. The smallest absolute Gasteiger partial charge is 0.0445 e. The number of rotatable bonds is 5. The molecule has 72 valence electrons. The third-order valence-corrected chi connectivity index (χ3v) is 2.76. The lowest BCUT2D eigenvalue weighted by Gasteiger charge is -2.23. The quantitative estimate of drug-likeness (QED) is 0.679. The molecule has 1 aliphatic rings. The highest BCUT2D eigenvalue weighted by atomic mass is 16.3. The molecule has 0 bridgehead atoms. The van der Waals surface area contributed by atoms with Crippen molar-refractivity contribution < 1.29 is 5.11 Å². The summed E-state index contributed by atoms with van der Waals surface area (Å²) in [5.74, 6) is 0. The zero-order valence-corrected chi connectivity index (χ0v) is 8.13. The SMILES string of the molecule is CCCCN1CCCC1CCO. The van der Waals surface area contributed by atoms with Crippen LogP contribution in [0.5, 0.6) is 0 Å². The van der Waals surface area contributed by atoms with Crippen molar-refractivity contribution >= 4 is 0 Å². The van der Waals surface area contributed by atoms with E-state index in [1.807, 2.05) is 0 Å². The highest BCUT2D eigenvalue weighted by molar-refractivity contribution is 4.78. The number of aliphatic hydroxyl groups is 1. The molecule has 1 fully saturated rings. The summed E-state index contributed by atoms with van der Waals surface area (Å²) in [5, 5.41) is 8.84. The maximum Gasteiger partial charge on any atom is 0.0445 e. The van der Waals surface area contributed by atoms with E-state index in [2.05, 4.69) is 11.8 Å². The Hall–Kier alpha value is -0.0800. The molecule has 0 aromatic rings.